The van der Waals surface area contributed by atoms with E-state index in [9.17, 15) is 17.6 Å². The third-order valence-corrected chi connectivity index (χ3v) is 4.66. The normalized spacial score (nSPS) is 18.7. The van der Waals surface area contributed by atoms with Gasteiger partial charge in [-0.2, -0.15) is 0 Å². The molecule has 0 aliphatic carbocycles. The van der Waals surface area contributed by atoms with E-state index >= 15 is 0 Å². The molecule has 1 aromatic carbocycles. The van der Waals surface area contributed by atoms with Gasteiger partial charge in [-0.3, -0.25) is 4.79 Å². The summed E-state index contributed by atoms with van der Waals surface area (Å²) in [6, 6.07) is 4.63. The fraction of sp³-hybridized carbons (Fsp3) is 0.417. The van der Waals surface area contributed by atoms with Gasteiger partial charge in [0.15, 0.2) is 9.84 Å². The first-order valence-electron chi connectivity index (χ1n) is 5.65. The highest BCUT2D eigenvalue weighted by atomic mass is 32.2. The Kier molecular flexibility index (Phi) is 3.38. The Morgan fingerprint density at radius 1 is 1.28 bits per heavy atom. The number of rotatable bonds is 1. The zero-order valence-electron chi connectivity index (χ0n) is 10.0. The van der Waals surface area contributed by atoms with Crippen LogP contribution in [0.1, 0.15) is 15.9 Å². The Morgan fingerprint density at radius 3 is 2.50 bits per heavy atom. The molecule has 1 heterocycles. The number of hydrogen-bond acceptors (Lipinski definition) is 3. The van der Waals surface area contributed by atoms with Gasteiger partial charge in [0.2, 0.25) is 0 Å². The minimum absolute atomic E-state index is 0.00861. The van der Waals surface area contributed by atoms with E-state index in [-0.39, 0.29) is 30.2 Å². The predicted octanol–water partition coefficient (Wildman–Crippen LogP) is 1.00. The topological polar surface area (TPSA) is 54.5 Å². The summed E-state index contributed by atoms with van der Waals surface area (Å²) >= 11 is 0. The molecule has 0 aromatic heterocycles. The zero-order valence-corrected chi connectivity index (χ0v) is 10.8. The Morgan fingerprint density at radius 2 is 1.89 bits per heavy atom. The van der Waals surface area contributed by atoms with Crippen molar-refractivity contribution in [1.29, 1.82) is 0 Å². The lowest BCUT2D eigenvalue weighted by atomic mass is 10.1. The quantitative estimate of drug-likeness (QED) is 0.766. The first-order valence-corrected chi connectivity index (χ1v) is 7.48. The van der Waals surface area contributed by atoms with Crippen molar-refractivity contribution in [2.24, 2.45) is 0 Å². The van der Waals surface area contributed by atoms with Gasteiger partial charge in [-0.15, -0.1) is 0 Å². The molecule has 0 atom stereocenters. The van der Waals surface area contributed by atoms with Crippen LogP contribution in [0.15, 0.2) is 18.2 Å². The van der Waals surface area contributed by atoms with Gasteiger partial charge in [0.25, 0.3) is 5.91 Å². The molecule has 1 fully saturated rings. The lowest BCUT2D eigenvalue weighted by Crippen LogP contribution is -2.44. The van der Waals surface area contributed by atoms with E-state index in [2.05, 4.69) is 0 Å². The second-order valence-corrected chi connectivity index (χ2v) is 6.68. The van der Waals surface area contributed by atoms with E-state index in [1.54, 1.807) is 19.1 Å². The lowest BCUT2D eigenvalue weighted by Gasteiger charge is -2.27. The van der Waals surface area contributed by atoms with Crippen LogP contribution in [0.2, 0.25) is 0 Å². The maximum Gasteiger partial charge on any atom is 0.256 e. The van der Waals surface area contributed by atoms with Gasteiger partial charge in [-0.05, 0) is 18.6 Å². The van der Waals surface area contributed by atoms with E-state index < -0.39 is 21.6 Å². The smallest absolute Gasteiger partial charge is 0.256 e. The molecule has 0 unspecified atom stereocenters. The number of aryl methyl sites for hydroxylation is 1. The highest BCUT2D eigenvalue weighted by Gasteiger charge is 2.27. The molecular weight excluding hydrogens is 257 g/mol. The number of nitrogens with zero attached hydrogens (tertiary/aromatic N) is 1. The molecule has 0 bridgehead atoms. The number of carbonyl (C=O) groups excluding carboxylic acids is 1. The predicted molar refractivity (Wildman–Crippen MR) is 65.7 cm³/mol. The van der Waals surface area contributed by atoms with Crippen LogP contribution >= 0.6 is 0 Å². The van der Waals surface area contributed by atoms with Crippen molar-refractivity contribution >= 4 is 15.7 Å². The number of benzene rings is 1. The van der Waals surface area contributed by atoms with E-state index in [0.717, 1.165) is 0 Å². The molecule has 1 amide bonds. The van der Waals surface area contributed by atoms with E-state index in [4.69, 9.17) is 0 Å². The molecule has 18 heavy (non-hydrogen) atoms. The van der Waals surface area contributed by atoms with Gasteiger partial charge in [0.05, 0.1) is 17.1 Å². The Balaban J connectivity index is 2.20. The maximum absolute atomic E-state index is 13.8. The maximum atomic E-state index is 13.8. The molecule has 2 rings (SSSR count). The van der Waals surface area contributed by atoms with Crippen LogP contribution in [-0.2, 0) is 9.84 Å². The van der Waals surface area contributed by atoms with Gasteiger partial charge in [-0.25, -0.2) is 12.8 Å². The van der Waals surface area contributed by atoms with Gasteiger partial charge < -0.3 is 4.90 Å². The first kappa shape index (κ1) is 13.0. The molecule has 0 radical (unpaired) electrons. The van der Waals surface area contributed by atoms with Crippen LogP contribution in [0.5, 0.6) is 0 Å². The average molecular weight is 271 g/mol. The van der Waals surface area contributed by atoms with Gasteiger partial charge in [0, 0.05) is 13.1 Å². The Labute approximate surface area is 105 Å². The van der Waals surface area contributed by atoms with Gasteiger partial charge in [-0.1, -0.05) is 12.1 Å². The number of amides is 1. The third-order valence-electron chi connectivity index (χ3n) is 3.05. The van der Waals surface area contributed by atoms with Crippen molar-refractivity contribution in [3.63, 3.8) is 0 Å². The fourth-order valence-corrected chi connectivity index (χ4v) is 3.10. The van der Waals surface area contributed by atoms with Crippen LogP contribution in [0.4, 0.5) is 4.39 Å². The van der Waals surface area contributed by atoms with Crippen molar-refractivity contribution in [2.45, 2.75) is 6.92 Å². The van der Waals surface area contributed by atoms with Crippen molar-refractivity contribution in [3.05, 3.63) is 35.1 Å². The number of carbonyl (C=O) groups is 1. The summed E-state index contributed by atoms with van der Waals surface area (Å²) < 4.78 is 36.3. The van der Waals surface area contributed by atoms with Crippen LogP contribution in [0, 0.1) is 12.7 Å². The molecule has 98 valence electrons. The summed E-state index contributed by atoms with van der Waals surface area (Å²) in [4.78, 5) is 13.5. The largest absolute Gasteiger partial charge is 0.337 e. The first-order chi connectivity index (χ1) is 8.41. The molecule has 0 spiro atoms. The summed E-state index contributed by atoms with van der Waals surface area (Å²) in [6.45, 7) is 1.86. The second-order valence-electron chi connectivity index (χ2n) is 4.38. The molecule has 1 saturated heterocycles. The molecular formula is C12H14FNO3S. The standard InChI is InChI=1S/C12H14FNO3S/c1-9-3-2-4-10(11(9)13)12(15)14-5-7-18(16,17)8-6-14/h2-4H,5-8H2,1H3. The summed E-state index contributed by atoms with van der Waals surface area (Å²) in [5.74, 6) is -1.07. The van der Waals surface area contributed by atoms with Crippen LogP contribution in [-0.4, -0.2) is 43.8 Å². The Hall–Kier alpha value is -1.43. The lowest BCUT2D eigenvalue weighted by molar-refractivity contribution is 0.0765. The van der Waals surface area contributed by atoms with Crippen molar-refractivity contribution in [2.75, 3.05) is 24.6 Å². The summed E-state index contributed by atoms with van der Waals surface area (Å²) in [6.07, 6.45) is 0. The molecule has 0 N–H and O–H groups in total. The highest BCUT2D eigenvalue weighted by Crippen LogP contribution is 2.16. The van der Waals surface area contributed by atoms with E-state index in [1.165, 1.54) is 11.0 Å². The second kappa shape index (κ2) is 4.68. The zero-order chi connectivity index (χ0) is 13.3. The fourth-order valence-electron chi connectivity index (χ4n) is 1.90. The third kappa shape index (κ3) is 2.53. The van der Waals surface area contributed by atoms with E-state index in [0.29, 0.717) is 5.56 Å². The van der Waals surface area contributed by atoms with Crippen LogP contribution < -0.4 is 0 Å². The van der Waals surface area contributed by atoms with Crippen molar-refractivity contribution in [3.8, 4) is 0 Å². The summed E-state index contributed by atoms with van der Waals surface area (Å²) in [7, 11) is -3.04. The molecule has 4 nitrogen and oxygen atoms in total. The molecule has 1 aliphatic heterocycles. The van der Waals surface area contributed by atoms with Crippen LogP contribution in [0.3, 0.4) is 0 Å². The molecule has 0 saturated carbocycles. The molecule has 1 aromatic rings. The number of sulfone groups is 1. The monoisotopic (exact) mass is 271 g/mol. The highest BCUT2D eigenvalue weighted by molar-refractivity contribution is 7.91. The average Bonchev–Trinajstić information content (AvgIpc) is 2.32. The van der Waals surface area contributed by atoms with E-state index in [1.807, 2.05) is 0 Å². The molecule has 1 aliphatic rings. The number of hydrogen-bond donors (Lipinski definition) is 0. The number of halogens is 1. The van der Waals surface area contributed by atoms with Gasteiger partial charge in [0.1, 0.15) is 5.82 Å². The minimum atomic E-state index is -3.04. The van der Waals surface area contributed by atoms with Crippen LogP contribution in [0.25, 0.3) is 0 Å². The minimum Gasteiger partial charge on any atom is -0.337 e. The van der Waals surface area contributed by atoms with Crippen molar-refractivity contribution in [1.82, 2.24) is 4.90 Å². The van der Waals surface area contributed by atoms with Crippen molar-refractivity contribution < 1.29 is 17.6 Å². The Bertz CT molecular complexity index is 569. The summed E-state index contributed by atoms with van der Waals surface area (Å²) in [5, 5.41) is 0. The molecule has 6 heteroatoms. The SMILES string of the molecule is Cc1cccc(C(=O)N2CCS(=O)(=O)CC2)c1F. The summed E-state index contributed by atoms with van der Waals surface area (Å²) in [5.41, 5.74) is 0.416. The van der Waals surface area contributed by atoms with Gasteiger partial charge >= 0.3 is 0 Å².